The molecule has 0 saturated heterocycles. The SMILES string of the molecule is COc1cc(OC)cc(-c2nnc(SCc3nnc(-c4ccc(Br)cc4)o3)o2)c1. The van der Waals surface area contributed by atoms with Crippen LogP contribution in [-0.2, 0) is 5.75 Å². The van der Waals surface area contributed by atoms with Gasteiger partial charge in [-0.1, -0.05) is 27.7 Å². The minimum absolute atomic E-state index is 0.366. The molecule has 4 rings (SSSR count). The number of hydrogen-bond donors (Lipinski definition) is 0. The van der Waals surface area contributed by atoms with E-state index in [-0.39, 0.29) is 0 Å². The second-order valence-electron chi connectivity index (χ2n) is 5.77. The fourth-order valence-corrected chi connectivity index (χ4v) is 3.32. The van der Waals surface area contributed by atoms with Crippen molar-refractivity contribution in [1.82, 2.24) is 20.4 Å². The summed E-state index contributed by atoms with van der Waals surface area (Å²) in [5.74, 6) is 2.98. The van der Waals surface area contributed by atoms with E-state index in [0.717, 1.165) is 10.0 Å². The van der Waals surface area contributed by atoms with Crippen LogP contribution in [0.3, 0.4) is 0 Å². The Morgan fingerprint density at radius 3 is 2.17 bits per heavy atom. The molecular weight excluding hydrogens is 460 g/mol. The summed E-state index contributed by atoms with van der Waals surface area (Å²) in [4.78, 5) is 0. The second kappa shape index (κ2) is 8.66. The molecule has 2 aromatic carbocycles. The molecule has 0 radical (unpaired) electrons. The number of ether oxygens (including phenoxy) is 2. The van der Waals surface area contributed by atoms with Gasteiger partial charge in [-0.25, -0.2) is 0 Å². The van der Waals surface area contributed by atoms with Crippen molar-refractivity contribution in [3.8, 4) is 34.4 Å². The van der Waals surface area contributed by atoms with Crippen molar-refractivity contribution in [3.05, 3.63) is 52.8 Å². The van der Waals surface area contributed by atoms with Crippen molar-refractivity contribution in [2.24, 2.45) is 0 Å². The quantitative estimate of drug-likeness (QED) is 0.347. The first-order valence-electron chi connectivity index (χ1n) is 8.42. The van der Waals surface area contributed by atoms with E-state index >= 15 is 0 Å². The zero-order valence-corrected chi connectivity index (χ0v) is 17.9. The lowest BCUT2D eigenvalue weighted by Crippen LogP contribution is -1.88. The standard InChI is InChI=1S/C19H15BrN4O4S/c1-25-14-7-12(8-15(9-14)26-2)18-23-24-19(28-18)29-10-16-21-22-17(27-16)11-3-5-13(20)6-4-11/h3-9H,10H2,1-2H3. The minimum Gasteiger partial charge on any atom is -0.497 e. The Balaban J connectivity index is 1.44. The molecule has 0 spiro atoms. The molecule has 0 saturated carbocycles. The fourth-order valence-electron chi connectivity index (χ4n) is 2.46. The molecule has 10 heteroatoms. The lowest BCUT2D eigenvalue weighted by Gasteiger charge is -2.05. The van der Waals surface area contributed by atoms with Crippen LogP contribution in [-0.4, -0.2) is 34.6 Å². The van der Waals surface area contributed by atoms with E-state index in [2.05, 4.69) is 36.3 Å². The Labute approximate surface area is 178 Å². The van der Waals surface area contributed by atoms with E-state index in [1.165, 1.54) is 11.8 Å². The van der Waals surface area contributed by atoms with Crippen LogP contribution in [0.2, 0.25) is 0 Å². The van der Waals surface area contributed by atoms with E-state index in [1.807, 2.05) is 24.3 Å². The van der Waals surface area contributed by atoms with E-state index in [1.54, 1.807) is 32.4 Å². The van der Waals surface area contributed by atoms with Gasteiger partial charge in [0.2, 0.25) is 17.7 Å². The zero-order valence-electron chi connectivity index (χ0n) is 15.5. The zero-order chi connectivity index (χ0) is 20.2. The van der Waals surface area contributed by atoms with Gasteiger partial charge >= 0.3 is 0 Å². The van der Waals surface area contributed by atoms with E-state index in [9.17, 15) is 0 Å². The molecule has 0 unspecified atom stereocenters. The van der Waals surface area contributed by atoms with E-state index in [0.29, 0.717) is 45.7 Å². The topological polar surface area (TPSA) is 96.3 Å². The molecular formula is C19H15BrN4O4S. The summed E-state index contributed by atoms with van der Waals surface area (Å²) >= 11 is 4.71. The van der Waals surface area contributed by atoms with Crippen LogP contribution in [0.1, 0.15) is 5.89 Å². The number of rotatable bonds is 7. The van der Waals surface area contributed by atoms with Crippen molar-refractivity contribution in [1.29, 1.82) is 0 Å². The maximum atomic E-state index is 5.73. The Morgan fingerprint density at radius 2 is 1.48 bits per heavy atom. The Kier molecular flexibility index (Phi) is 5.81. The maximum absolute atomic E-state index is 5.73. The van der Waals surface area contributed by atoms with Crippen LogP contribution < -0.4 is 9.47 Å². The second-order valence-corrected chi connectivity index (χ2v) is 7.61. The molecule has 0 fully saturated rings. The molecule has 0 aliphatic carbocycles. The third-order valence-electron chi connectivity index (χ3n) is 3.88. The Morgan fingerprint density at radius 1 is 0.828 bits per heavy atom. The van der Waals surface area contributed by atoms with Crippen molar-refractivity contribution in [2.45, 2.75) is 11.0 Å². The van der Waals surface area contributed by atoms with Crippen molar-refractivity contribution >= 4 is 27.7 Å². The molecule has 0 amide bonds. The monoisotopic (exact) mass is 474 g/mol. The predicted octanol–water partition coefficient (Wildman–Crippen LogP) is 4.86. The highest BCUT2D eigenvalue weighted by molar-refractivity contribution is 9.10. The minimum atomic E-state index is 0.366. The lowest BCUT2D eigenvalue weighted by molar-refractivity contribution is 0.394. The molecule has 0 N–H and O–H groups in total. The summed E-state index contributed by atoms with van der Waals surface area (Å²) in [6, 6.07) is 13.0. The normalized spacial score (nSPS) is 10.9. The molecule has 4 aromatic rings. The highest BCUT2D eigenvalue weighted by atomic mass is 79.9. The summed E-state index contributed by atoms with van der Waals surface area (Å²) in [5.41, 5.74) is 1.56. The third kappa shape index (κ3) is 4.60. The Bertz CT molecular complexity index is 1090. The van der Waals surface area contributed by atoms with Crippen molar-refractivity contribution < 1.29 is 18.3 Å². The molecule has 29 heavy (non-hydrogen) atoms. The summed E-state index contributed by atoms with van der Waals surface area (Å²) < 4.78 is 23.0. The number of aromatic nitrogens is 4. The molecule has 2 aromatic heterocycles. The van der Waals surface area contributed by atoms with Crippen LogP contribution >= 0.6 is 27.7 Å². The van der Waals surface area contributed by atoms with Crippen LogP contribution in [0.5, 0.6) is 11.5 Å². The maximum Gasteiger partial charge on any atom is 0.277 e. The fraction of sp³-hybridized carbons (Fsp3) is 0.158. The molecule has 0 aliphatic heterocycles. The molecule has 0 bridgehead atoms. The molecule has 2 heterocycles. The van der Waals surface area contributed by atoms with E-state index in [4.69, 9.17) is 18.3 Å². The van der Waals surface area contributed by atoms with Gasteiger partial charge in [0.25, 0.3) is 5.22 Å². The number of halogens is 1. The van der Waals surface area contributed by atoms with Gasteiger partial charge < -0.3 is 18.3 Å². The van der Waals surface area contributed by atoms with Gasteiger partial charge in [-0.2, -0.15) is 0 Å². The number of nitrogens with zero attached hydrogens (tertiary/aromatic N) is 4. The molecule has 8 nitrogen and oxygen atoms in total. The largest absolute Gasteiger partial charge is 0.497 e. The Hall–Kier alpha value is -2.85. The summed E-state index contributed by atoms with van der Waals surface area (Å²) in [5, 5.41) is 16.7. The number of hydrogen-bond acceptors (Lipinski definition) is 9. The van der Waals surface area contributed by atoms with Crippen LogP contribution in [0.4, 0.5) is 0 Å². The highest BCUT2D eigenvalue weighted by Crippen LogP contribution is 2.31. The van der Waals surface area contributed by atoms with Gasteiger partial charge in [0.05, 0.1) is 20.0 Å². The summed E-state index contributed by atoms with van der Waals surface area (Å²) in [7, 11) is 3.17. The third-order valence-corrected chi connectivity index (χ3v) is 5.21. The summed E-state index contributed by atoms with van der Waals surface area (Å²) in [6.07, 6.45) is 0. The number of thioether (sulfide) groups is 1. The lowest BCUT2D eigenvalue weighted by atomic mass is 10.2. The average molecular weight is 475 g/mol. The van der Waals surface area contributed by atoms with Crippen molar-refractivity contribution in [3.63, 3.8) is 0 Å². The van der Waals surface area contributed by atoms with E-state index < -0.39 is 0 Å². The highest BCUT2D eigenvalue weighted by Gasteiger charge is 2.14. The van der Waals surface area contributed by atoms with Gasteiger partial charge in [-0.05, 0) is 36.4 Å². The van der Waals surface area contributed by atoms with Gasteiger partial charge in [-0.3, -0.25) is 0 Å². The smallest absolute Gasteiger partial charge is 0.277 e. The van der Waals surface area contributed by atoms with Crippen LogP contribution in [0.25, 0.3) is 22.9 Å². The predicted molar refractivity (Wildman–Crippen MR) is 110 cm³/mol. The van der Waals surface area contributed by atoms with Gasteiger partial charge in [0.15, 0.2) is 0 Å². The van der Waals surface area contributed by atoms with Gasteiger partial charge in [0.1, 0.15) is 11.5 Å². The number of methoxy groups -OCH3 is 2. The molecule has 0 aliphatic rings. The molecule has 0 atom stereocenters. The first-order chi connectivity index (χ1) is 14.1. The van der Waals surface area contributed by atoms with Crippen LogP contribution in [0, 0.1) is 0 Å². The average Bonchev–Trinajstić information content (AvgIpc) is 3.42. The van der Waals surface area contributed by atoms with Crippen molar-refractivity contribution in [2.75, 3.05) is 14.2 Å². The van der Waals surface area contributed by atoms with Gasteiger partial charge in [0, 0.05) is 21.7 Å². The first-order valence-corrected chi connectivity index (χ1v) is 10.2. The molecule has 148 valence electrons. The first kappa shape index (κ1) is 19.5. The number of benzene rings is 2. The van der Waals surface area contributed by atoms with Gasteiger partial charge in [-0.15, -0.1) is 20.4 Å². The summed E-state index contributed by atoms with van der Waals surface area (Å²) in [6.45, 7) is 0. The van der Waals surface area contributed by atoms with Crippen LogP contribution in [0.15, 0.2) is 61.0 Å².